The van der Waals surface area contributed by atoms with Crippen LogP contribution in [0.2, 0.25) is 0 Å². The minimum absolute atomic E-state index is 0. The van der Waals surface area contributed by atoms with Gasteiger partial charge in [-0.05, 0) is 0 Å². The Labute approximate surface area is 175 Å². The Morgan fingerprint density at radius 3 is 1.38 bits per heavy atom. The van der Waals surface area contributed by atoms with Gasteiger partial charge in [-0.1, -0.05) is 0 Å². The summed E-state index contributed by atoms with van der Waals surface area (Å²) in [5.41, 5.74) is 2.82. The molecule has 0 saturated heterocycles. The van der Waals surface area contributed by atoms with Gasteiger partial charge in [0, 0.05) is 0 Å². The van der Waals surface area contributed by atoms with Crippen LogP contribution >= 0.6 is 0 Å². The van der Waals surface area contributed by atoms with E-state index in [2.05, 4.69) is 97.1 Å². The summed E-state index contributed by atoms with van der Waals surface area (Å²) in [6.07, 6.45) is 16.2. The fourth-order valence-corrected chi connectivity index (χ4v) is 14.7. The zero-order valence-electron chi connectivity index (χ0n) is 14.4. The molecule has 0 fully saturated rings. The Hall–Kier alpha value is -1.28. The maximum atomic E-state index is 2.40. The first-order valence-electron chi connectivity index (χ1n) is 8.51. The number of halogens is 2. The SMILES string of the molecule is C1=CC[C]([Hf+2]([C]2=CC=CC2)=[C](c2ccccc2)c2ccccc2)=C1.[Cl-].[Cl-]. The summed E-state index contributed by atoms with van der Waals surface area (Å²) in [4.78, 5) is 0. The van der Waals surface area contributed by atoms with Gasteiger partial charge < -0.3 is 24.8 Å². The zero-order chi connectivity index (χ0) is 16.2. The molecular formula is C23H20Cl2Hf. The maximum absolute atomic E-state index is 2.40. The van der Waals surface area contributed by atoms with Gasteiger partial charge >= 0.3 is 152 Å². The molecule has 2 aliphatic carbocycles. The van der Waals surface area contributed by atoms with Crippen LogP contribution in [0.1, 0.15) is 24.0 Å². The smallest absolute Gasteiger partial charge is 1.00 e. The van der Waals surface area contributed by atoms with Crippen molar-refractivity contribution in [2.75, 3.05) is 0 Å². The first-order chi connectivity index (χ1) is 11.9. The number of hydrogen-bond acceptors (Lipinski definition) is 0. The molecule has 0 atom stereocenters. The van der Waals surface area contributed by atoms with Gasteiger partial charge in [0.2, 0.25) is 0 Å². The summed E-state index contributed by atoms with van der Waals surface area (Å²) >= 11 is -2.32. The standard InChI is InChI=1S/C13H10.2C5H5.2ClH.Hf/c1-3-7-12(8-4-1)11-13-9-5-2-6-10-13;2*1-2-4-5-3-1;;;/h1-10H;2*1-3H,4H2;2*1H;/q;;;;;+2/p-2. The molecule has 26 heavy (non-hydrogen) atoms. The molecule has 0 N–H and O–H groups in total. The Kier molecular flexibility index (Phi) is 8.21. The molecule has 3 heteroatoms. The average Bonchev–Trinajstić information content (AvgIpc) is 3.35. The summed E-state index contributed by atoms with van der Waals surface area (Å²) < 4.78 is 5.04. The van der Waals surface area contributed by atoms with Gasteiger partial charge in [0.25, 0.3) is 0 Å². The fourth-order valence-electron chi connectivity index (χ4n) is 3.46. The van der Waals surface area contributed by atoms with Gasteiger partial charge in [0.1, 0.15) is 0 Å². The normalized spacial score (nSPS) is 13.8. The monoisotopic (exact) mass is 546 g/mol. The van der Waals surface area contributed by atoms with Crippen LogP contribution in [0.3, 0.4) is 0 Å². The molecule has 0 saturated carbocycles. The van der Waals surface area contributed by atoms with Crippen LogP contribution in [0.15, 0.2) is 104 Å². The zero-order valence-corrected chi connectivity index (χ0v) is 19.5. The van der Waals surface area contributed by atoms with Crippen LogP contribution in [0.25, 0.3) is 0 Å². The van der Waals surface area contributed by atoms with Crippen LogP contribution in [0.5, 0.6) is 0 Å². The van der Waals surface area contributed by atoms with Crippen LogP contribution < -0.4 is 24.8 Å². The van der Waals surface area contributed by atoms with Crippen LogP contribution in [-0.2, 0) is 21.0 Å². The molecule has 0 spiro atoms. The summed E-state index contributed by atoms with van der Waals surface area (Å²) in [6.45, 7) is 0. The van der Waals surface area contributed by atoms with Gasteiger partial charge in [-0.3, -0.25) is 0 Å². The van der Waals surface area contributed by atoms with Crippen molar-refractivity contribution in [2.24, 2.45) is 0 Å². The molecule has 0 amide bonds. The average molecular weight is 546 g/mol. The van der Waals surface area contributed by atoms with Crippen molar-refractivity contribution in [1.29, 1.82) is 0 Å². The Morgan fingerprint density at radius 1 is 0.615 bits per heavy atom. The van der Waals surface area contributed by atoms with E-state index >= 15 is 0 Å². The van der Waals surface area contributed by atoms with Crippen LogP contribution in [0, 0.1) is 0 Å². The van der Waals surface area contributed by atoms with E-state index in [1.54, 1.807) is 9.91 Å². The Bertz CT molecular complexity index is 815. The fraction of sp³-hybridized carbons (Fsp3) is 0.0870. The molecule has 0 heterocycles. The summed E-state index contributed by atoms with van der Waals surface area (Å²) in [6, 6.07) is 22.1. The van der Waals surface area contributed by atoms with Crippen molar-refractivity contribution in [2.45, 2.75) is 12.8 Å². The van der Waals surface area contributed by atoms with Crippen molar-refractivity contribution in [3.8, 4) is 0 Å². The number of benzene rings is 2. The topological polar surface area (TPSA) is 0 Å². The van der Waals surface area contributed by atoms with Gasteiger partial charge in [-0.15, -0.1) is 0 Å². The molecular weight excluding hydrogens is 526 g/mol. The second-order valence-corrected chi connectivity index (χ2v) is 15.2. The van der Waals surface area contributed by atoms with Crippen molar-refractivity contribution in [3.05, 3.63) is 115 Å². The van der Waals surface area contributed by atoms with Crippen molar-refractivity contribution in [3.63, 3.8) is 0 Å². The first-order valence-corrected chi connectivity index (χ1v) is 13.9. The molecule has 0 bridgehead atoms. The second-order valence-electron chi connectivity index (χ2n) is 6.13. The number of hydrogen-bond donors (Lipinski definition) is 0. The second kappa shape index (κ2) is 10.2. The van der Waals surface area contributed by atoms with Crippen molar-refractivity contribution < 1.29 is 45.8 Å². The van der Waals surface area contributed by atoms with Gasteiger partial charge in [0.15, 0.2) is 0 Å². The van der Waals surface area contributed by atoms with Gasteiger partial charge in [-0.25, -0.2) is 0 Å². The first kappa shape index (κ1) is 21.0. The third-order valence-electron chi connectivity index (χ3n) is 4.56. The van der Waals surface area contributed by atoms with Crippen molar-refractivity contribution >= 4 is 3.26 Å². The molecule has 2 aromatic carbocycles. The van der Waals surface area contributed by atoms with Crippen LogP contribution in [-0.4, -0.2) is 3.26 Å². The Morgan fingerprint density at radius 2 is 1.04 bits per heavy atom. The van der Waals surface area contributed by atoms with Gasteiger partial charge in [-0.2, -0.15) is 0 Å². The quantitative estimate of drug-likeness (QED) is 0.458. The summed E-state index contributed by atoms with van der Waals surface area (Å²) in [5.74, 6) is 0. The van der Waals surface area contributed by atoms with Gasteiger partial charge in [0.05, 0.1) is 0 Å². The number of allylic oxidation sites excluding steroid dienone is 8. The van der Waals surface area contributed by atoms with E-state index in [0.717, 1.165) is 12.8 Å². The molecule has 4 rings (SSSR count). The third-order valence-corrected chi connectivity index (χ3v) is 15.7. The molecule has 2 aromatic rings. The van der Waals surface area contributed by atoms with E-state index < -0.39 is 21.0 Å². The minimum atomic E-state index is -2.32. The molecule has 0 aliphatic heterocycles. The van der Waals surface area contributed by atoms with E-state index in [1.807, 2.05) is 0 Å². The number of rotatable bonds is 4. The molecule has 2 aliphatic rings. The van der Waals surface area contributed by atoms with E-state index in [1.165, 1.54) is 11.1 Å². The largest absolute Gasteiger partial charge is 1.00 e. The van der Waals surface area contributed by atoms with E-state index in [4.69, 9.17) is 0 Å². The molecule has 0 aromatic heterocycles. The Balaban J connectivity index is 0.00000121. The summed E-state index contributed by atoms with van der Waals surface area (Å²) in [5, 5.41) is 0. The summed E-state index contributed by atoms with van der Waals surface area (Å²) in [7, 11) is 0. The molecule has 130 valence electrons. The predicted octanol–water partition coefficient (Wildman–Crippen LogP) is -0.431. The van der Waals surface area contributed by atoms with Crippen LogP contribution in [0.4, 0.5) is 0 Å². The third kappa shape index (κ3) is 4.52. The molecule has 0 unspecified atom stereocenters. The van der Waals surface area contributed by atoms with Crippen molar-refractivity contribution in [1.82, 2.24) is 0 Å². The molecule has 0 radical (unpaired) electrons. The minimum Gasteiger partial charge on any atom is -1.00 e. The molecule has 0 nitrogen and oxygen atoms in total. The van der Waals surface area contributed by atoms with E-state index in [-0.39, 0.29) is 24.8 Å². The van der Waals surface area contributed by atoms with E-state index in [9.17, 15) is 0 Å². The maximum Gasteiger partial charge on any atom is -1.00 e. The van der Waals surface area contributed by atoms with E-state index in [0.29, 0.717) is 0 Å². The predicted molar refractivity (Wildman–Crippen MR) is 99.8 cm³/mol.